The van der Waals surface area contributed by atoms with Gasteiger partial charge in [-0.05, 0) is 0 Å². The summed E-state index contributed by atoms with van der Waals surface area (Å²) in [5, 5.41) is 0. The molecule has 0 bridgehead atoms. The molecule has 14 aliphatic rings. The molecule has 0 aromatic heterocycles. The van der Waals surface area contributed by atoms with Crippen molar-refractivity contribution in [2.75, 3.05) is 0 Å². The fraction of sp³-hybridized carbons (Fsp3) is 1.00. The molecule has 0 aromatic carbocycles. The third kappa shape index (κ3) is 0.563. The summed E-state index contributed by atoms with van der Waals surface area (Å²) >= 11 is 0. The molecule has 4 atom stereocenters. The fourth-order valence-electron chi connectivity index (χ4n) is 24.9. The summed E-state index contributed by atoms with van der Waals surface area (Å²) in [7, 11) is 0.757. The standard InChI is InChI=1S/C29H47P2.C5H5.Fe/c1-5-14-24(15-6-1)30(25-16-7-2-8-17-25)28-22-13-23-29(28)31(26-18-9-3-10-19-26)27-20-11-4-12-21-27;1-2-4-5-3-1;/h13,22-27H,1-12,14-21H2;1-5H;. The van der Waals surface area contributed by atoms with Crippen LogP contribution in [0.3, 0.4) is 0 Å². The van der Waals surface area contributed by atoms with Crippen LogP contribution >= 0.6 is 15.8 Å². The first kappa shape index (κ1) is 20.3. The number of fused-ring (bicyclic) bond motifs is 10. The van der Waals surface area contributed by atoms with Crippen LogP contribution in [0.5, 0.6) is 0 Å². The Bertz CT molecular complexity index is 1340. The van der Waals surface area contributed by atoms with Gasteiger partial charge in [-0.1, -0.05) is 0 Å². The van der Waals surface area contributed by atoms with E-state index in [0.717, 1.165) is 0 Å². The molecule has 4 unspecified atom stereocenters. The summed E-state index contributed by atoms with van der Waals surface area (Å²) in [6, 6.07) is 0. The Morgan fingerprint density at radius 2 is 0.622 bits per heavy atom. The van der Waals surface area contributed by atoms with Crippen LogP contribution in [0.1, 0.15) is 128 Å². The predicted octanol–water partition coefficient (Wildman–Crippen LogP) is 11.5. The van der Waals surface area contributed by atoms with Gasteiger partial charge in [-0.3, -0.25) is 0 Å². The van der Waals surface area contributed by atoms with Gasteiger partial charge in [0.05, 0.1) is 0 Å². The Labute approximate surface area is 219 Å². The second-order valence-corrected chi connectivity index (χ2v) is 49.6. The minimum atomic E-state index is -3.42. The number of hydrogen-bond donors (Lipinski definition) is 0. The van der Waals surface area contributed by atoms with Crippen LogP contribution in [-0.4, -0.2) is 30.7 Å². The van der Waals surface area contributed by atoms with E-state index in [0.29, 0.717) is 15.8 Å². The molecule has 0 radical (unpaired) electrons. The van der Waals surface area contributed by atoms with E-state index < -0.39 is 6.51 Å². The van der Waals surface area contributed by atoms with Gasteiger partial charge in [0.1, 0.15) is 0 Å². The average Bonchev–Trinajstić information content (AvgIpc) is 3.92. The van der Waals surface area contributed by atoms with E-state index >= 15 is 0 Å². The zero-order valence-electron chi connectivity index (χ0n) is 23.3. The molecule has 10 aliphatic heterocycles. The average molecular weight is 579 g/mol. The van der Waals surface area contributed by atoms with Crippen molar-refractivity contribution in [1.29, 1.82) is 0 Å². The van der Waals surface area contributed by atoms with Crippen LogP contribution in [0.4, 0.5) is 0 Å². The van der Waals surface area contributed by atoms with Crippen molar-refractivity contribution in [3.05, 3.63) is 0 Å². The zero-order valence-corrected chi connectivity index (χ0v) is 26.2. The second kappa shape index (κ2) is 3.41. The van der Waals surface area contributed by atoms with E-state index in [-0.39, 0.29) is 0 Å². The second-order valence-electron chi connectivity index (χ2n) is 19.7. The van der Waals surface area contributed by atoms with Gasteiger partial charge in [0, 0.05) is 0 Å². The predicted molar refractivity (Wildman–Crippen MR) is 157 cm³/mol. The molecule has 10 heterocycles. The molecule has 206 valence electrons. The summed E-state index contributed by atoms with van der Waals surface area (Å²) in [5.41, 5.74) is 5.16. The van der Waals surface area contributed by atoms with Crippen molar-refractivity contribution >= 4 is 15.8 Å². The molecule has 10 saturated heterocycles. The molecular formula is C34H52FeP2. The quantitative estimate of drug-likeness (QED) is 0.217. The zero-order chi connectivity index (χ0) is 23.5. The third-order valence-electron chi connectivity index (χ3n) is 23.3. The Morgan fingerprint density at radius 1 is 0.351 bits per heavy atom. The van der Waals surface area contributed by atoms with E-state index in [1.165, 1.54) is 30.7 Å². The summed E-state index contributed by atoms with van der Waals surface area (Å²) in [4.78, 5) is 12.6. The molecule has 37 heavy (non-hydrogen) atoms. The first-order valence-electron chi connectivity index (χ1n) is 17.9. The van der Waals surface area contributed by atoms with Crippen molar-refractivity contribution in [3.63, 3.8) is 0 Å². The molecule has 4 saturated carbocycles. The Morgan fingerprint density at radius 3 is 0.838 bits per heavy atom. The van der Waals surface area contributed by atoms with Crippen LogP contribution in [0.25, 0.3) is 0 Å². The molecule has 0 amide bonds. The van der Waals surface area contributed by atoms with Crippen LogP contribution in [0.15, 0.2) is 0 Å². The normalized spacial score (nSPS) is 75.6. The number of hydrogen-bond acceptors (Lipinski definition) is 0. The van der Waals surface area contributed by atoms with Gasteiger partial charge in [0.2, 0.25) is 0 Å². The van der Waals surface area contributed by atoms with Crippen molar-refractivity contribution in [3.8, 4) is 0 Å². The van der Waals surface area contributed by atoms with Gasteiger partial charge in [-0.25, -0.2) is 0 Å². The first-order valence-corrected chi connectivity index (χ1v) is 27.1. The molecule has 0 N–H and O–H groups in total. The van der Waals surface area contributed by atoms with Gasteiger partial charge in [0.25, 0.3) is 0 Å². The van der Waals surface area contributed by atoms with Gasteiger partial charge in [0.15, 0.2) is 0 Å². The van der Waals surface area contributed by atoms with E-state index in [1.54, 1.807) is 167 Å². The molecule has 14 fully saturated rings. The Kier molecular flexibility index (Phi) is 1.87. The summed E-state index contributed by atoms with van der Waals surface area (Å²) in [5.74, 6) is 0. The molecule has 3 heteroatoms. The molecular weight excluding hydrogens is 526 g/mol. The van der Waals surface area contributed by atoms with Gasteiger partial charge in [-0.15, -0.1) is 0 Å². The molecule has 0 aromatic rings. The molecule has 4 aliphatic carbocycles. The van der Waals surface area contributed by atoms with Gasteiger partial charge in [-0.2, -0.15) is 0 Å². The summed E-state index contributed by atoms with van der Waals surface area (Å²) < 4.78 is 2.48. The maximum atomic E-state index is 1.73. The van der Waals surface area contributed by atoms with E-state index in [9.17, 15) is 0 Å². The van der Waals surface area contributed by atoms with Crippen LogP contribution in [0.2, 0.25) is 38.5 Å². The molecule has 14 rings (SSSR count). The van der Waals surface area contributed by atoms with Crippen molar-refractivity contribution in [1.82, 2.24) is 0 Å². The van der Waals surface area contributed by atoms with Crippen molar-refractivity contribution in [2.24, 2.45) is 0 Å². The maximum absolute atomic E-state index is 3.42. The molecule has 1 spiro atoms. The van der Waals surface area contributed by atoms with Gasteiger partial charge >= 0.3 is 220 Å². The SMILES string of the molecule is C1CCC(P(C2CCCCC2)[C]23[CH]4[CH]5[CH]6[C]2(P(C2CCCCC2)C2CCCCC2)[Fe]54632789[CH]3[CH]2[CH]7[CH]8[CH]39)CC1. The van der Waals surface area contributed by atoms with E-state index in [4.69, 9.17) is 0 Å². The van der Waals surface area contributed by atoms with Crippen molar-refractivity contribution in [2.45, 2.75) is 198 Å². The van der Waals surface area contributed by atoms with Crippen LogP contribution in [-0.2, 0) is 6.51 Å². The minimum absolute atomic E-state index is 0.379. The summed E-state index contributed by atoms with van der Waals surface area (Å²) in [6.45, 7) is -3.42. The van der Waals surface area contributed by atoms with Crippen LogP contribution in [0, 0.1) is 0 Å². The molecule has 0 nitrogen and oxygen atoms in total. The first-order chi connectivity index (χ1) is 18.1. The monoisotopic (exact) mass is 578 g/mol. The number of rotatable bonds is 6. The Hall–Kier alpha value is 1.38. The third-order valence-corrected chi connectivity index (χ3v) is 82.6. The topological polar surface area (TPSA) is 0 Å². The van der Waals surface area contributed by atoms with E-state index in [2.05, 4.69) is 0 Å². The van der Waals surface area contributed by atoms with Crippen molar-refractivity contribution < 1.29 is 6.51 Å². The summed E-state index contributed by atoms with van der Waals surface area (Å²) in [6.07, 6.45) is 33.4. The van der Waals surface area contributed by atoms with Gasteiger partial charge < -0.3 is 0 Å². The Balaban J connectivity index is 1.05. The van der Waals surface area contributed by atoms with E-state index in [1.807, 2.05) is 0 Å². The van der Waals surface area contributed by atoms with Crippen LogP contribution < -0.4 is 0 Å². The fourth-order valence-corrected chi connectivity index (χ4v) is 136.